The molecule has 0 spiro atoms. The van der Waals surface area contributed by atoms with E-state index in [1.807, 2.05) is 41.3 Å². The summed E-state index contributed by atoms with van der Waals surface area (Å²) in [6.45, 7) is 2.93. The Kier molecular flexibility index (Phi) is 4.32. The fourth-order valence-electron chi connectivity index (χ4n) is 4.15. The van der Waals surface area contributed by atoms with Crippen LogP contribution in [0, 0.1) is 0 Å². The standard InChI is InChI=1S/C25H22N2O2/c28-22-10-8-21(9-11-22)26-12-14-27(15-13-26)25(29)23-7-3-6-20-16-18-4-1-2-5-19(18)17-24(20)23/h1-11,16-17,28H,12-15H2. The van der Waals surface area contributed by atoms with Crippen molar-refractivity contribution in [3.05, 3.63) is 84.4 Å². The number of rotatable bonds is 2. The van der Waals surface area contributed by atoms with Gasteiger partial charge < -0.3 is 14.9 Å². The normalized spacial score (nSPS) is 14.5. The predicted molar refractivity (Wildman–Crippen MR) is 118 cm³/mol. The number of anilines is 1. The first-order valence-electron chi connectivity index (χ1n) is 9.94. The molecular formula is C25H22N2O2. The Morgan fingerprint density at radius 3 is 2.10 bits per heavy atom. The molecule has 0 unspecified atom stereocenters. The molecule has 1 amide bonds. The summed E-state index contributed by atoms with van der Waals surface area (Å²) in [7, 11) is 0. The van der Waals surface area contributed by atoms with Crippen molar-refractivity contribution >= 4 is 33.1 Å². The number of phenolic OH excluding ortho intramolecular Hbond substituents is 1. The molecule has 1 saturated heterocycles. The summed E-state index contributed by atoms with van der Waals surface area (Å²) in [5.74, 6) is 0.363. The smallest absolute Gasteiger partial charge is 0.254 e. The van der Waals surface area contributed by atoms with Gasteiger partial charge >= 0.3 is 0 Å². The number of amides is 1. The highest BCUT2D eigenvalue weighted by atomic mass is 16.3. The molecule has 0 aromatic heterocycles. The van der Waals surface area contributed by atoms with Crippen LogP contribution < -0.4 is 4.90 Å². The number of aromatic hydroxyl groups is 1. The lowest BCUT2D eigenvalue weighted by molar-refractivity contribution is 0.0749. The number of carbonyl (C=O) groups excluding carboxylic acids is 1. The third-order valence-corrected chi connectivity index (χ3v) is 5.76. The van der Waals surface area contributed by atoms with Gasteiger partial charge in [0.2, 0.25) is 0 Å². The summed E-state index contributed by atoms with van der Waals surface area (Å²) < 4.78 is 0. The minimum Gasteiger partial charge on any atom is -0.508 e. The Bertz CT molecular complexity index is 1190. The van der Waals surface area contributed by atoms with Crippen LogP contribution in [0.2, 0.25) is 0 Å². The summed E-state index contributed by atoms with van der Waals surface area (Å²) in [5, 5.41) is 13.9. The Labute approximate surface area is 169 Å². The van der Waals surface area contributed by atoms with Crippen molar-refractivity contribution < 1.29 is 9.90 Å². The van der Waals surface area contributed by atoms with E-state index in [1.54, 1.807) is 12.1 Å². The van der Waals surface area contributed by atoms with Gasteiger partial charge in [0, 0.05) is 37.4 Å². The van der Waals surface area contributed by atoms with Crippen molar-refractivity contribution in [1.29, 1.82) is 0 Å². The zero-order valence-electron chi connectivity index (χ0n) is 16.1. The zero-order chi connectivity index (χ0) is 19.8. The lowest BCUT2D eigenvalue weighted by atomic mass is 9.99. The molecule has 4 heteroatoms. The minimum atomic E-state index is 0.0937. The van der Waals surface area contributed by atoms with E-state index in [9.17, 15) is 9.90 Å². The Hall–Kier alpha value is -3.53. The van der Waals surface area contributed by atoms with Crippen molar-refractivity contribution in [2.24, 2.45) is 0 Å². The van der Waals surface area contributed by atoms with E-state index in [0.717, 1.165) is 40.5 Å². The predicted octanol–water partition coefficient (Wildman–Crippen LogP) is 4.66. The molecule has 0 aliphatic carbocycles. The van der Waals surface area contributed by atoms with Gasteiger partial charge in [0.15, 0.2) is 0 Å². The van der Waals surface area contributed by atoms with Gasteiger partial charge in [-0.05, 0) is 64.0 Å². The molecule has 144 valence electrons. The van der Waals surface area contributed by atoms with Crippen LogP contribution in [-0.2, 0) is 0 Å². The lowest BCUT2D eigenvalue weighted by Gasteiger charge is -2.36. The molecule has 1 heterocycles. The van der Waals surface area contributed by atoms with Crippen molar-refractivity contribution in [2.75, 3.05) is 31.1 Å². The van der Waals surface area contributed by atoms with Crippen molar-refractivity contribution in [2.45, 2.75) is 0 Å². The highest BCUT2D eigenvalue weighted by molar-refractivity contribution is 6.10. The first kappa shape index (κ1) is 17.6. The topological polar surface area (TPSA) is 43.8 Å². The number of fused-ring (bicyclic) bond motifs is 2. The molecule has 4 aromatic carbocycles. The van der Waals surface area contributed by atoms with E-state index in [0.29, 0.717) is 13.1 Å². The zero-order valence-corrected chi connectivity index (χ0v) is 16.1. The fourth-order valence-corrected chi connectivity index (χ4v) is 4.15. The van der Waals surface area contributed by atoms with Gasteiger partial charge in [0.05, 0.1) is 0 Å². The van der Waals surface area contributed by atoms with Crippen LogP contribution in [0.3, 0.4) is 0 Å². The molecule has 29 heavy (non-hydrogen) atoms. The number of hydrogen-bond donors (Lipinski definition) is 1. The number of nitrogens with zero attached hydrogens (tertiary/aromatic N) is 2. The minimum absolute atomic E-state index is 0.0937. The molecule has 1 aliphatic heterocycles. The van der Waals surface area contributed by atoms with E-state index in [1.165, 1.54) is 5.39 Å². The van der Waals surface area contributed by atoms with E-state index in [-0.39, 0.29) is 11.7 Å². The highest BCUT2D eigenvalue weighted by Gasteiger charge is 2.23. The van der Waals surface area contributed by atoms with E-state index in [2.05, 4.69) is 35.2 Å². The summed E-state index contributed by atoms with van der Waals surface area (Å²) in [5.41, 5.74) is 1.85. The highest BCUT2D eigenvalue weighted by Crippen LogP contribution is 2.27. The average molecular weight is 382 g/mol. The van der Waals surface area contributed by atoms with Gasteiger partial charge in [0.25, 0.3) is 5.91 Å². The Morgan fingerprint density at radius 2 is 1.38 bits per heavy atom. The number of phenols is 1. The van der Waals surface area contributed by atoms with Gasteiger partial charge in [-0.15, -0.1) is 0 Å². The molecule has 0 bridgehead atoms. The van der Waals surface area contributed by atoms with Crippen LogP contribution in [0.4, 0.5) is 5.69 Å². The van der Waals surface area contributed by atoms with Gasteiger partial charge in [-0.3, -0.25) is 4.79 Å². The Morgan fingerprint density at radius 1 is 0.724 bits per heavy atom. The SMILES string of the molecule is O=C(c1cccc2cc3ccccc3cc12)N1CCN(c2ccc(O)cc2)CC1. The van der Waals surface area contributed by atoms with E-state index < -0.39 is 0 Å². The third-order valence-electron chi connectivity index (χ3n) is 5.76. The summed E-state index contributed by atoms with van der Waals surface area (Å²) >= 11 is 0. The second-order valence-electron chi connectivity index (χ2n) is 7.52. The molecule has 0 radical (unpaired) electrons. The van der Waals surface area contributed by atoms with Gasteiger partial charge in [-0.2, -0.15) is 0 Å². The van der Waals surface area contributed by atoms with E-state index >= 15 is 0 Å². The van der Waals surface area contributed by atoms with Crippen LogP contribution in [0.15, 0.2) is 78.9 Å². The maximum absolute atomic E-state index is 13.3. The van der Waals surface area contributed by atoms with Crippen molar-refractivity contribution in [1.82, 2.24) is 4.90 Å². The average Bonchev–Trinajstić information content (AvgIpc) is 2.77. The van der Waals surface area contributed by atoms with Crippen LogP contribution >= 0.6 is 0 Å². The van der Waals surface area contributed by atoms with Crippen LogP contribution in [-0.4, -0.2) is 42.1 Å². The van der Waals surface area contributed by atoms with Crippen molar-refractivity contribution in [3.63, 3.8) is 0 Å². The molecule has 1 fully saturated rings. The maximum atomic E-state index is 13.3. The molecule has 1 aliphatic rings. The van der Waals surface area contributed by atoms with Gasteiger partial charge in [0.1, 0.15) is 5.75 Å². The van der Waals surface area contributed by atoms with E-state index in [4.69, 9.17) is 0 Å². The monoisotopic (exact) mass is 382 g/mol. The molecule has 0 saturated carbocycles. The lowest BCUT2D eigenvalue weighted by Crippen LogP contribution is -2.48. The molecule has 5 rings (SSSR count). The Balaban J connectivity index is 1.40. The summed E-state index contributed by atoms with van der Waals surface area (Å²) in [6, 6.07) is 25.8. The third kappa shape index (κ3) is 3.27. The first-order chi connectivity index (χ1) is 14.2. The number of benzene rings is 4. The second-order valence-corrected chi connectivity index (χ2v) is 7.52. The van der Waals surface area contributed by atoms with Gasteiger partial charge in [-0.1, -0.05) is 36.4 Å². The quantitative estimate of drug-likeness (QED) is 0.513. The number of hydrogen-bond acceptors (Lipinski definition) is 3. The summed E-state index contributed by atoms with van der Waals surface area (Å²) in [4.78, 5) is 17.5. The second kappa shape index (κ2) is 7.13. The van der Waals surface area contributed by atoms with Crippen LogP contribution in [0.5, 0.6) is 5.75 Å². The molecule has 1 N–H and O–H groups in total. The van der Waals surface area contributed by atoms with Crippen molar-refractivity contribution in [3.8, 4) is 5.75 Å². The molecular weight excluding hydrogens is 360 g/mol. The van der Waals surface area contributed by atoms with Crippen LogP contribution in [0.1, 0.15) is 10.4 Å². The fraction of sp³-hybridized carbons (Fsp3) is 0.160. The summed E-state index contributed by atoms with van der Waals surface area (Å²) in [6.07, 6.45) is 0. The first-order valence-corrected chi connectivity index (χ1v) is 9.94. The van der Waals surface area contributed by atoms with Crippen LogP contribution in [0.25, 0.3) is 21.5 Å². The largest absolute Gasteiger partial charge is 0.508 e. The molecule has 0 atom stereocenters. The maximum Gasteiger partial charge on any atom is 0.254 e. The number of carbonyl (C=O) groups is 1. The number of piperazine rings is 1. The molecule has 4 aromatic rings. The molecule has 4 nitrogen and oxygen atoms in total. The van der Waals surface area contributed by atoms with Gasteiger partial charge in [-0.25, -0.2) is 0 Å².